The number of nitrogens with one attached hydrogen (secondary N) is 1. The van der Waals surface area contributed by atoms with Gasteiger partial charge in [-0.1, -0.05) is 15.9 Å². The van der Waals surface area contributed by atoms with Crippen molar-refractivity contribution in [2.45, 2.75) is 23.1 Å². The molecule has 2 unspecified atom stereocenters. The van der Waals surface area contributed by atoms with Crippen LogP contribution in [0.5, 0.6) is 0 Å². The molecule has 1 rings (SSSR count). The van der Waals surface area contributed by atoms with Gasteiger partial charge < -0.3 is 10.1 Å². The number of amidine groups is 1. The summed E-state index contributed by atoms with van der Waals surface area (Å²) in [6.07, 6.45) is -4.10. The predicted molar refractivity (Wildman–Crippen MR) is 71.1 cm³/mol. The Morgan fingerprint density at radius 3 is 2.55 bits per heavy atom. The van der Waals surface area contributed by atoms with Crippen molar-refractivity contribution in [3.63, 3.8) is 0 Å². The molecule has 6 nitrogen and oxygen atoms in total. The Kier molecular flexibility index (Phi) is 5.30. The standard InChI is InChI=1S/C9H8Br2F3N3O3/c1-20-5(18)4(16-6(19)9(12,13)14)2-8(11)3-15-7(10)17-8/h3-4H,2H2,1H3,(H,16,19). The summed E-state index contributed by atoms with van der Waals surface area (Å²) < 4.78 is 40.0. The molecule has 0 aliphatic carbocycles. The summed E-state index contributed by atoms with van der Waals surface area (Å²) in [6, 6.07) is -1.53. The van der Waals surface area contributed by atoms with Gasteiger partial charge in [0.2, 0.25) is 0 Å². The summed E-state index contributed by atoms with van der Waals surface area (Å²) in [6.45, 7) is 0. The van der Waals surface area contributed by atoms with E-state index in [2.05, 4.69) is 46.6 Å². The van der Waals surface area contributed by atoms with E-state index in [9.17, 15) is 22.8 Å². The van der Waals surface area contributed by atoms with Gasteiger partial charge in [0, 0.05) is 12.6 Å². The van der Waals surface area contributed by atoms with Gasteiger partial charge in [-0.05, 0) is 15.9 Å². The molecule has 0 aromatic heterocycles. The zero-order valence-electron chi connectivity index (χ0n) is 9.87. The number of ether oxygens (including phenoxy) is 1. The average Bonchev–Trinajstić information content (AvgIpc) is 2.66. The summed E-state index contributed by atoms with van der Waals surface area (Å²) in [7, 11) is 0.998. The first-order chi connectivity index (χ1) is 9.07. The van der Waals surface area contributed by atoms with E-state index in [4.69, 9.17) is 0 Å². The van der Waals surface area contributed by atoms with Gasteiger partial charge in [-0.3, -0.25) is 4.79 Å². The highest BCUT2D eigenvalue weighted by atomic mass is 79.9. The minimum atomic E-state index is -5.10. The minimum Gasteiger partial charge on any atom is -0.467 e. The molecule has 1 aliphatic rings. The van der Waals surface area contributed by atoms with Crippen LogP contribution in [0.2, 0.25) is 0 Å². The topological polar surface area (TPSA) is 80.1 Å². The summed E-state index contributed by atoms with van der Waals surface area (Å²) in [5.41, 5.74) is 0. The van der Waals surface area contributed by atoms with Gasteiger partial charge in [-0.2, -0.15) is 13.2 Å². The lowest BCUT2D eigenvalue weighted by atomic mass is 10.1. The number of methoxy groups -OCH3 is 1. The molecular weight excluding hydrogens is 415 g/mol. The average molecular weight is 423 g/mol. The monoisotopic (exact) mass is 421 g/mol. The summed E-state index contributed by atoms with van der Waals surface area (Å²) in [5.74, 6) is -3.25. The Hall–Kier alpha value is -0.970. The molecule has 0 bridgehead atoms. The molecule has 1 N–H and O–H groups in total. The molecule has 1 heterocycles. The maximum absolute atomic E-state index is 12.2. The van der Waals surface area contributed by atoms with Crippen LogP contribution in [-0.4, -0.2) is 46.6 Å². The number of rotatable bonds is 4. The van der Waals surface area contributed by atoms with E-state index in [0.717, 1.165) is 7.11 Å². The number of hydrogen-bond donors (Lipinski definition) is 1. The van der Waals surface area contributed by atoms with Gasteiger partial charge in [-0.25, -0.2) is 14.8 Å². The normalized spacial score (nSPS) is 23.2. The highest BCUT2D eigenvalue weighted by Crippen LogP contribution is 2.29. The van der Waals surface area contributed by atoms with Gasteiger partial charge >= 0.3 is 18.1 Å². The largest absolute Gasteiger partial charge is 0.471 e. The van der Waals surface area contributed by atoms with Crippen molar-refractivity contribution in [2.75, 3.05) is 7.11 Å². The highest BCUT2D eigenvalue weighted by molar-refractivity contribution is 9.18. The number of amides is 1. The number of halogens is 5. The quantitative estimate of drug-likeness (QED) is 0.423. The first-order valence-electron chi connectivity index (χ1n) is 5.02. The molecule has 20 heavy (non-hydrogen) atoms. The predicted octanol–water partition coefficient (Wildman–Crippen LogP) is 1.52. The molecule has 1 amide bonds. The van der Waals surface area contributed by atoms with Crippen LogP contribution < -0.4 is 5.32 Å². The molecule has 0 aromatic carbocycles. The fourth-order valence-electron chi connectivity index (χ4n) is 1.32. The van der Waals surface area contributed by atoms with E-state index < -0.39 is 28.5 Å². The number of carbonyl (C=O) groups excluding carboxylic acids is 2. The number of hydrogen-bond acceptors (Lipinski definition) is 5. The van der Waals surface area contributed by atoms with Crippen LogP contribution in [0.25, 0.3) is 0 Å². The molecule has 0 saturated heterocycles. The molecule has 1 aliphatic heterocycles. The third-order valence-corrected chi connectivity index (χ3v) is 3.27. The van der Waals surface area contributed by atoms with Gasteiger partial charge in [0.05, 0.1) is 7.11 Å². The summed E-state index contributed by atoms with van der Waals surface area (Å²) >= 11 is 6.10. The smallest absolute Gasteiger partial charge is 0.467 e. The summed E-state index contributed by atoms with van der Waals surface area (Å²) in [4.78, 5) is 30.1. The van der Waals surface area contributed by atoms with Crippen molar-refractivity contribution >= 4 is 54.7 Å². The SMILES string of the molecule is COC(=O)C(CC1(Br)C=NC(Br)=N1)NC(=O)C(F)(F)F. The Labute approximate surface area is 128 Å². The van der Waals surface area contributed by atoms with Gasteiger partial charge in [0.15, 0.2) is 9.19 Å². The number of carbonyl (C=O) groups is 2. The lowest BCUT2D eigenvalue weighted by Gasteiger charge is -2.22. The van der Waals surface area contributed by atoms with Crippen LogP contribution in [0, 0.1) is 0 Å². The lowest BCUT2D eigenvalue weighted by molar-refractivity contribution is -0.175. The highest BCUT2D eigenvalue weighted by Gasteiger charge is 2.43. The molecule has 112 valence electrons. The maximum Gasteiger partial charge on any atom is 0.471 e. The van der Waals surface area contributed by atoms with Crippen molar-refractivity contribution in [2.24, 2.45) is 9.98 Å². The fourth-order valence-corrected chi connectivity index (χ4v) is 2.57. The third-order valence-electron chi connectivity index (χ3n) is 2.19. The molecule has 0 fully saturated rings. The van der Waals surface area contributed by atoms with E-state index in [-0.39, 0.29) is 11.2 Å². The number of alkyl halides is 4. The lowest BCUT2D eigenvalue weighted by Crippen LogP contribution is -2.49. The van der Waals surface area contributed by atoms with Crippen LogP contribution in [0.4, 0.5) is 13.2 Å². The van der Waals surface area contributed by atoms with Crippen molar-refractivity contribution < 1.29 is 27.5 Å². The van der Waals surface area contributed by atoms with Crippen LogP contribution >= 0.6 is 31.9 Å². The first-order valence-corrected chi connectivity index (χ1v) is 6.61. The van der Waals surface area contributed by atoms with Crippen molar-refractivity contribution in [3.8, 4) is 0 Å². The van der Waals surface area contributed by atoms with Gasteiger partial charge in [0.1, 0.15) is 6.04 Å². The number of nitrogens with zero attached hydrogens (tertiary/aromatic N) is 2. The van der Waals surface area contributed by atoms with Crippen molar-refractivity contribution in [1.82, 2.24) is 5.32 Å². The first kappa shape index (κ1) is 17.1. The van der Waals surface area contributed by atoms with Crippen LogP contribution in [0.15, 0.2) is 9.98 Å². The zero-order valence-corrected chi connectivity index (χ0v) is 13.0. The van der Waals surface area contributed by atoms with Crippen LogP contribution in [0.3, 0.4) is 0 Å². The molecule has 0 radical (unpaired) electrons. The van der Waals surface area contributed by atoms with E-state index in [0.29, 0.717) is 0 Å². The Morgan fingerprint density at radius 1 is 1.55 bits per heavy atom. The van der Waals surface area contributed by atoms with Crippen molar-refractivity contribution in [1.29, 1.82) is 0 Å². The van der Waals surface area contributed by atoms with E-state index in [1.807, 2.05) is 0 Å². The van der Waals surface area contributed by atoms with E-state index in [1.165, 1.54) is 6.21 Å². The Balaban J connectivity index is 2.84. The third kappa shape index (κ3) is 4.54. The molecule has 0 aromatic rings. The minimum absolute atomic E-state index is 0.208. The van der Waals surface area contributed by atoms with Crippen LogP contribution in [-0.2, 0) is 14.3 Å². The second-order valence-corrected chi connectivity index (χ2v) is 5.79. The molecule has 2 atom stereocenters. The van der Waals surface area contributed by atoms with E-state index in [1.54, 1.807) is 5.32 Å². The number of esters is 1. The second-order valence-electron chi connectivity index (χ2n) is 3.71. The van der Waals surface area contributed by atoms with Crippen molar-refractivity contribution in [3.05, 3.63) is 0 Å². The van der Waals surface area contributed by atoms with Crippen LogP contribution in [0.1, 0.15) is 6.42 Å². The van der Waals surface area contributed by atoms with Gasteiger partial charge in [0.25, 0.3) is 0 Å². The second kappa shape index (κ2) is 6.20. The molecule has 0 saturated carbocycles. The summed E-state index contributed by atoms with van der Waals surface area (Å²) in [5, 5.41) is 1.56. The Morgan fingerprint density at radius 2 is 2.15 bits per heavy atom. The zero-order chi connectivity index (χ0) is 15.6. The molecule has 11 heteroatoms. The fraction of sp³-hybridized carbons (Fsp3) is 0.556. The number of aliphatic imine (C=N–C) groups is 2. The van der Waals surface area contributed by atoms with E-state index >= 15 is 0 Å². The molecular formula is C9H8Br2F3N3O3. The molecule has 0 spiro atoms. The Bertz CT molecular complexity index is 481. The maximum atomic E-state index is 12.2. The van der Waals surface area contributed by atoms with Gasteiger partial charge in [-0.15, -0.1) is 0 Å².